The predicted octanol–water partition coefficient (Wildman–Crippen LogP) is 2.10. The van der Waals surface area contributed by atoms with Crippen molar-refractivity contribution in [2.75, 3.05) is 12.4 Å². The number of benzene rings is 1. The highest BCUT2D eigenvalue weighted by atomic mass is 127. The predicted molar refractivity (Wildman–Crippen MR) is 73.6 cm³/mol. The van der Waals surface area contributed by atoms with Crippen molar-refractivity contribution in [1.82, 2.24) is 0 Å². The molecule has 0 spiro atoms. The first kappa shape index (κ1) is 14.9. The second-order valence-electron chi connectivity index (χ2n) is 3.08. The highest BCUT2D eigenvalue weighted by Crippen LogP contribution is 2.18. The van der Waals surface area contributed by atoms with Crippen LogP contribution in [-0.4, -0.2) is 31.3 Å². The smallest absolute Gasteiger partial charge is 0.338 e. The minimum atomic E-state index is -4.11. The lowest BCUT2D eigenvalue weighted by atomic mass is 10.2. The SMILES string of the molecule is O=C(OCCS(=O)(=O)O)c1cc(Br)cc(I)c1. The Kier molecular flexibility index (Phi) is 5.35. The fourth-order valence-electron chi connectivity index (χ4n) is 0.995. The van der Waals surface area contributed by atoms with Crippen molar-refractivity contribution in [2.45, 2.75) is 0 Å². The molecule has 1 aromatic carbocycles. The molecule has 5 nitrogen and oxygen atoms in total. The monoisotopic (exact) mass is 434 g/mol. The zero-order valence-corrected chi connectivity index (χ0v) is 13.0. The van der Waals surface area contributed by atoms with Gasteiger partial charge in [0.05, 0.1) is 5.56 Å². The Labute approximate surface area is 121 Å². The van der Waals surface area contributed by atoms with E-state index < -0.39 is 21.8 Å². The van der Waals surface area contributed by atoms with Gasteiger partial charge in [-0.2, -0.15) is 8.42 Å². The van der Waals surface area contributed by atoms with Gasteiger partial charge in [-0.1, -0.05) is 15.9 Å². The standard InChI is InChI=1S/C9H8BrIO5S/c10-7-3-6(4-8(11)5-7)9(12)16-1-2-17(13,14)15/h3-5H,1-2H2,(H,13,14,15). The van der Waals surface area contributed by atoms with E-state index in [1.54, 1.807) is 12.1 Å². The van der Waals surface area contributed by atoms with Crippen LogP contribution in [-0.2, 0) is 14.9 Å². The molecule has 0 amide bonds. The molecule has 1 N–H and O–H groups in total. The Morgan fingerprint density at radius 3 is 2.59 bits per heavy atom. The molecule has 1 aromatic rings. The van der Waals surface area contributed by atoms with E-state index in [0.717, 1.165) is 8.04 Å². The lowest BCUT2D eigenvalue weighted by Crippen LogP contribution is -2.14. The zero-order chi connectivity index (χ0) is 13.1. The maximum absolute atomic E-state index is 11.5. The highest BCUT2D eigenvalue weighted by molar-refractivity contribution is 14.1. The molecule has 0 heterocycles. The van der Waals surface area contributed by atoms with Crippen LogP contribution in [0.25, 0.3) is 0 Å². The number of ether oxygens (including phenoxy) is 1. The van der Waals surface area contributed by atoms with Gasteiger partial charge in [0.2, 0.25) is 0 Å². The number of hydrogen-bond donors (Lipinski definition) is 1. The van der Waals surface area contributed by atoms with Crippen molar-refractivity contribution < 1.29 is 22.5 Å². The Bertz CT molecular complexity index is 508. The minimum absolute atomic E-state index is 0.319. The van der Waals surface area contributed by atoms with Gasteiger partial charge in [0.15, 0.2) is 0 Å². The second kappa shape index (κ2) is 6.12. The fraction of sp³-hybridized carbons (Fsp3) is 0.222. The minimum Gasteiger partial charge on any atom is -0.461 e. The molecule has 0 aliphatic heterocycles. The van der Waals surface area contributed by atoms with Gasteiger partial charge in [-0.3, -0.25) is 4.55 Å². The van der Waals surface area contributed by atoms with Gasteiger partial charge in [-0.25, -0.2) is 4.79 Å². The maximum Gasteiger partial charge on any atom is 0.338 e. The normalized spacial score (nSPS) is 11.2. The summed E-state index contributed by atoms with van der Waals surface area (Å²) in [6.45, 7) is -0.374. The van der Waals surface area contributed by atoms with Crippen LogP contribution in [0.5, 0.6) is 0 Å². The van der Waals surface area contributed by atoms with E-state index in [0.29, 0.717) is 5.56 Å². The van der Waals surface area contributed by atoms with Gasteiger partial charge in [0, 0.05) is 8.04 Å². The van der Waals surface area contributed by atoms with Gasteiger partial charge in [-0.05, 0) is 40.8 Å². The van der Waals surface area contributed by atoms with Gasteiger partial charge in [0.25, 0.3) is 10.1 Å². The maximum atomic E-state index is 11.5. The summed E-state index contributed by atoms with van der Waals surface area (Å²) in [7, 11) is -4.11. The van der Waals surface area contributed by atoms with E-state index in [1.165, 1.54) is 0 Å². The third kappa shape index (κ3) is 5.80. The molecule has 1 rings (SSSR count). The van der Waals surface area contributed by atoms with E-state index in [-0.39, 0.29) is 6.61 Å². The van der Waals surface area contributed by atoms with Crippen LogP contribution < -0.4 is 0 Å². The average molecular weight is 435 g/mol. The molecule has 0 fully saturated rings. The lowest BCUT2D eigenvalue weighted by Gasteiger charge is -2.04. The quantitative estimate of drug-likeness (QED) is 0.446. The molecule has 0 aromatic heterocycles. The van der Waals surface area contributed by atoms with Crippen molar-refractivity contribution in [1.29, 1.82) is 0 Å². The number of halogens is 2. The summed E-state index contributed by atoms with van der Waals surface area (Å²) in [5, 5.41) is 0. The molecule has 0 saturated carbocycles. The molecule has 0 saturated heterocycles. The van der Waals surface area contributed by atoms with Crippen molar-refractivity contribution in [3.63, 3.8) is 0 Å². The van der Waals surface area contributed by atoms with Crippen molar-refractivity contribution in [3.8, 4) is 0 Å². The largest absolute Gasteiger partial charge is 0.461 e. The Morgan fingerprint density at radius 2 is 2.06 bits per heavy atom. The molecule has 0 aliphatic rings. The number of hydrogen-bond acceptors (Lipinski definition) is 4. The van der Waals surface area contributed by atoms with E-state index >= 15 is 0 Å². The van der Waals surface area contributed by atoms with Crippen LogP contribution in [0.2, 0.25) is 0 Å². The molecule has 0 unspecified atom stereocenters. The van der Waals surface area contributed by atoms with Gasteiger partial charge in [0.1, 0.15) is 12.4 Å². The number of rotatable bonds is 4. The summed E-state index contributed by atoms with van der Waals surface area (Å²) >= 11 is 5.27. The molecule has 0 atom stereocenters. The van der Waals surface area contributed by atoms with E-state index in [4.69, 9.17) is 9.29 Å². The van der Waals surface area contributed by atoms with E-state index in [2.05, 4.69) is 15.9 Å². The number of carbonyl (C=O) groups excluding carboxylic acids is 1. The van der Waals surface area contributed by atoms with Gasteiger partial charge in [-0.15, -0.1) is 0 Å². The Hall–Kier alpha value is -0.190. The first-order valence-electron chi connectivity index (χ1n) is 4.36. The summed E-state index contributed by atoms with van der Waals surface area (Å²) in [4.78, 5) is 11.5. The van der Waals surface area contributed by atoms with Crippen LogP contribution in [0, 0.1) is 3.57 Å². The summed E-state index contributed by atoms with van der Waals surface area (Å²) in [5.41, 5.74) is 0.319. The second-order valence-corrected chi connectivity index (χ2v) is 6.81. The molecule has 17 heavy (non-hydrogen) atoms. The van der Waals surface area contributed by atoms with Crippen molar-refractivity contribution >= 4 is 54.6 Å². The lowest BCUT2D eigenvalue weighted by molar-refractivity contribution is 0.0528. The summed E-state index contributed by atoms with van der Waals surface area (Å²) in [6.07, 6.45) is 0. The van der Waals surface area contributed by atoms with Crippen LogP contribution in [0.3, 0.4) is 0 Å². The first-order chi connectivity index (χ1) is 7.78. The summed E-state index contributed by atoms with van der Waals surface area (Å²) in [6, 6.07) is 4.99. The van der Waals surface area contributed by atoms with Crippen LogP contribution in [0.1, 0.15) is 10.4 Å². The Morgan fingerprint density at radius 1 is 1.41 bits per heavy atom. The Balaban J connectivity index is 2.64. The number of esters is 1. The van der Waals surface area contributed by atoms with Crippen molar-refractivity contribution in [3.05, 3.63) is 31.8 Å². The molecule has 0 radical (unpaired) electrons. The van der Waals surface area contributed by atoms with Crippen LogP contribution in [0.4, 0.5) is 0 Å². The molecule has 0 bridgehead atoms. The zero-order valence-electron chi connectivity index (χ0n) is 8.39. The summed E-state index contributed by atoms with van der Waals surface area (Å²) < 4.78 is 35.6. The first-order valence-corrected chi connectivity index (χ1v) is 7.84. The third-order valence-corrected chi connectivity index (χ3v) is 3.44. The molecular formula is C9H8BrIO5S. The molecule has 94 valence electrons. The highest BCUT2D eigenvalue weighted by Gasteiger charge is 2.11. The van der Waals surface area contributed by atoms with Crippen LogP contribution in [0.15, 0.2) is 22.7 Å². The molecule has 8 heteroatoms. The summed E-state index contributed by atoms with van der Waals surface area (Å²) in [5.74, 6) is -1.24. The topological polar surface area (TPSA) is 80.7 Å². The average Bonchev–Trinajstić information content (AvgIpc) is 2.13. The van der Waals surface area contributed by atoms with E-state index in [9.17, 15) is 13.2 Å². The molecular weight excluding hydrogens is 427 g/mol. The van der Waals surface area contributed by atoms with Gasteiger partial charge < -0.3 is 4.74 Å². The van der Waals surface area contributed by atoms with Gasteiger partial charge >= 0.3 is 5.97 Å². The third-order valence-electron chi connectivity index (χ3n) is 1.67. The fourth-order valence-corrected chi connectivity index (χ4v) is 2.88. The number of carbonyl (C=O) groups is 1. The van der Waals surface area contributed by atoms with E-state index in [1.807, 2.05) is 28.7 Å². The molecule has 0 aliphatic carbocycles. The van der Waals surface area contributed by atoms with Crippen LogP contribution >= 0.6 is 38.5 Å². The van der Waals surface area contributed by atoms with Crippen molar-refractivity contribution in [2.24, 2.45) is 0 Å².